The fourth-order valence-electron chi connectivity index (χ4n) is 3.57. The smallest absolute Gasteiger partial charge is 0.264 e. The Hall–Kier alpha value is -2.27. The summed E-state index contributed by atoms with van der Waals surface area (Å²) in [6.45, 7) is 2.03. The van der Waals surface area contributed by atoms with Gasteiger partial charge in [-0.1, -0.05) is 31.4 Å². The normalized spacial score (nSPS) is 21.5. The molecule has 1 amide bonds. The van der Waals surface area contributed by atoms with Crippen LogP contribution in [0.15, 0.2) is 52.6 Å². The summed E-state index contributed by atoms with van der Waals surface area (Å²) in [5.74, 6) is -0.0770. The molecule has 0 bridgehead atoms. The molecule has 1 aromatic carbocycles. The lowest BCUT2D eigenvalue weighted by Gasteiger charge is -2.23. The number of carbonyl (C=O) groups excluding carboxylic acids is 1. The summed E-state index contributed by atoms with van der Waals surface area (Å²) < 4.78 is 2.31. The highest BCUT2D eigenvalue weighted by atomic mass is 32.2. The molecule has 5 heteroatoms. The number of aliphatic imine (C=N–C) groups is 1. The molecular weight excluding hydrogens is 342 g/mol. The highest BCUT2D eigenvalue weighted by Crippen LogP contribution is 2.31. The van der Waals surface area contributed by atoms with Crippen LogP contribution in [0, 0.1) is 6.92 Å². The van der Waals surface area contributed by atoms with Crippen LogP contribution in [-0.4, -0.2) is 15.6 Å². The van der Waals surface area contributed by atoms with Crippen molar-refractivity contribution in [2.75, 3.05) is 0 Å². The minimum Gasteiger partial charge on any atom is -0.351 e. The minimum atomic E-state index is -0.0770. The number of hydrogen-bond acceptors (Lipinski definition) is 3. The average molecular weight is 366 g/mol. The van der Waals surface area contributed by atoms with Gasteiger partial charge in [-0.3, -0.25) is 4.79 Å². The van der Waals surface area contributed by atoms with E-state index in [0.29, 0.717) is 16.1 Å². The van der Waals surface area contributed by atoms with Gasteiger partial charge in [-0.05, 0) is 66.9 Å². The Labute approximate surface area is 158 Å². The Kier molecular flexibility index (Phi) is 4.98. The molecule has 1 aromatic heterocycles. The molecule has 1 saturated carbocycles. The molecule has 134 valence electrons. The van der Waals surface area contributed by atoms with Crippen molar-refractivity contribution in [3.63, 3.8) is 0 Å². The molecule has 1 N–H and O–H groups in total. The van der Waals surface area contributed by atoms with E-state index in [2.05, 4.69) is 33.3 Å². The first kappa shape index (κ1) is 17.2. The zero-order chi connectivity index (χ0) is 17.9. The predicted octanol–water partition coefficient (Wildman–Crippen LogP) is 5.19. The van der Waals surface area contributed by atoms with E-state index in [9.17, 15) is 4.79 Å². The van der Waals surface area contributed by atoms with Crippen LogP contribution in [0.2, 0.25) is 0 Å². The number of benzene rings is 1. The third kappa shape index (κ3) is 3.93. The van der Waals surface area contributed by atoms with Crippen molar-refractivity contribution >= 4 is 34.6 Å². The first-order chi connectivity index (χ1) is 12.7. The second-order valence-electron chi connectivity index (χ2n) is 7.00. The molecule has 0 atom stereocenters. The van der Waals surface area contributed by atoms with Crippen molar-refractivity contribution in [1.29, 1.82) is 0 Å². The zero-order valence-corrected chi connectivity index (χ0v) is 15.8. The van der Waals surface area contributed by atoms with Crippen molar-refractivity contribution in [2.24, 2.45) is 4.99 Å². The first-order valence-corrected chi connectivity index (χ1v) is 10.0. The molecule has 26 heavy (non-hydrogen) atoms. The Balaban J connectivity index is 1.49. The van der Waals surface area contributed by atoms with E-state index < -0.39 is 0 Å². The number of aromatic nitrogens is 1. The summed E-state index contributed by atoms with van der Waals surface area (Å²) in [5.41, 5.74) is 3.09. The number of thioether (sulfide) groups is 1. The maximum absolute atomic E-state index is 12.3. The van der Waals surface area contributed by atoms with Crippen LogP contribution >= 0.6 is 11.8 Å². The predicted molar refractivity (Wildman–Crippen MR) is 109 cm³/mol. The van der Waals surface area contributed by atoms with Crippen molar-refractivity contribution < 1.29 is 4.79 Å². The topological polar surface area (TPSA) is 46.4 Å². The van der Waals surface area contributed by atoms with Gasteiger partial charge in [0.2, 0.25) is 0 Å². The summed E-state index contributed by atoms with van der Waals surface area (Å²) in [6.07, 6.45) is 12.8. The lowest BCUT2D eigenvalue weighted by Crippen LogP contribution is -2.19. The van der Waals surface area contributed by atoms with Crippen molar-refractivity contribution in [1.82, 2.24) is 9.88 Å². The second-order valence-corrected chi connectivity index (χ2v) is 8.04. The molecule has 2 aliphatic rings. The molecule has 0 unspecified atom stereocenters. The van der Waals surface area contributed by atoms with Crippen LogP contribution in [0.1, 0.15) is 49.3 Å². The van der Waals surface area contributed by atoms with E-state index in [-0.39, 0.29) is 5.91 Å². The van der Waals surface area contributed by atoms with E-state index in [4.69, 9.17) is 0 Å². The highest BCUT2D eigenvalue weighted by Gasteiger charge is 2.24. The SMILES string of the molecule is Cc1cccc(N=C2NC(=O)/C(=C\c3ccn(C4CCCCC4)c3)S2)c1. The van der Waals surface area contributed by atoms with Crippen molar-refractivity contribution in [2.45, 2.75) is 45.1 Å². The Morgan fingerprint density at radius 1 is 1.23 bits per heavy atom. The summed E-state index contributed by atoms with van der Waals surface area (Å²) >= 11 is 1.40. The number of amidine groups is 1. The molecular formula is C21H23N3OS. The fourth-order valence-corrected chi connectivity index (χ4v) is 4.41. The van der Waals surface area contributed by atoms with E-state index in [1.54, 1.807) is 0 Å². The van der Waals surface area contributed by atoms with Crippen molar-refractivity contribution in [3.8, 4) is 0 Å². The third-order valence-electron chi connectivity index (χ3n) is 4.91. The number of rotatable bonds is 3. The van der Waals surface area contributed by atoms with Crippen LogP contribution in [0.25, 0.3) is 6.08 Å². The minimum absolute atomic E-state index is 0.0770. The van der Waals surface area contributed by atoms with Crippen LogP contribution in [0.3, 0.4) is 0 Å². The summed E-state index contributed by atoms with van der Waals surface area (Å²) in [5, 5.41) is 3.50. The molecule has 0 spiro atoms. The molecule has 0 radical (unpaired) electrons. The van der Waals surface area contributed by atoms with Gasteiger partial charge in [0.15, 0.2) is 5.17 Å². The van der Waals surface area contributed by atoms with Gasteiger partial charge in [-0.15, -0.1) is 0 Å². The molecule has 2 heterocycles. The summed E-state index contributed by atoms with van der Waals surface area (Å²) in [7, 11) is 0. The van der Waals surface area contributed by atoms with Crippen LogP contribution in [-0.2, 0) is 4.79 Å². The van der Waals surface area contributed by atoms with E-state index in [1.807, 2.05) is 37.3 Å². The highest BCUT2D eigenvalue weighted by molar-refractivity contribution is 8.18. The van der Waals surface area contributed by atoms with Gasteiger partial charge in [0.25, 0.3) is 5.91 Å². The average Bonchev–Trinajstić information content (AvgIpc) is 3.23. The monoisotopic (exact) mass is 365 g/mol. The largest absolute Gasteiger partial charge is 0.351 e. The van der Waals surface area contributed by atoms with E-state index in [0.717, 1.165) is 16.8 Å². The van der Waals surface area contributed by atoms with Crippen molar-refractivity contribution in [3.05, 3.63) is 58.8 Å². The van der Waals surface area contributed by atoms with Gasteiger partial charge in [0.1, 0.15) is 0 Å². The van der Waals surface area contributed by atoms with Gasteiger partial charge in [-0.25, -0.2) is 4.99 Å². The van der Waals surface area contributed by atoms with E-state index >= 15 is 0 Å². The second kappa shape index (κ2) is 7.54. The molecule has 1 aliphatic carbocycles. The molecule has 4 rings (SSSR count). The summed E-state index contributed by atoms with van der Waals surface area (Å²) in [4.78, 5) is 17.5. The lowest BCUT2D eigenvalue weighted by atomic mass is 9.95. The van der Waals surface area contributed by atoms with Gasteiger partial charge < -0.3 is 9.88 Å². The number of nitrogens with zero attached hydrogens (tertiary/aromatic N) is 2. The molecule has 2 fully saturated rings. The Morgan fingerprint density at radius 3 is 2.88 bits per heavy atom. The number of aryl methyl sites for hydroxylation is 1. The standard InChI is InChI=1S/C21H23N3OS/c1-15-6-5-7-17(12-15)22-21-23-20(25)19(26-21)13-16-10-11-24(14-16)18-8-3-2-4-9-18/h5-7,10-14,18H,2-4,8-9H2,1H3,(H,22,23,25)/b19-13+. The Morgan fingerprint density at radius 2 is 2.08 bits per heavy atom. The van der Waals surface area contributed by atoms with E-state index in [1.165, 1.54) is 43.9 Å². The first-order valence-electron chi connectivity index (χ1n) is 9.21. The van der Waals surface area contributed by atoms with Crippen LogP contribution < -0.4 is 5.32 Å². The number of carbonyl (C=O) groups is 1. The third-order valence-corrected chi connectivity index (χ3v) is 5.82. The van der Waals surface area contributed by atoms with Crippen LogP contribution in [0.4, 0.5) is 5.69 Å². The zero-order valence-electron chi connectivity index (χ0n) is 14.9. The lowest BCUT2D eigenvalue weighted by molar-refractivity contribution is -0.115. The molecule has 1 aliphatic heterocycles. The van der Waals surface area contributed by atoms with Gasteiger partial charge >= 0.3 is 0 Å². The molecule has 4 nitrogen and oxygen atoms in total. The maximum Gasteiger partial charge on any atom is 0.264 e. The van der Waals surface area contributed by atoms with Gasteiger partial charge in [-0.2, -0.15) is 0 Å². The fraction of sp³-hybridized carbons (Fsp3) is 0.333. The Bertz CT molecular complexity index is 875. The van der Waals surface area contributed by atoms with Gasteiger partial charge in [0, 0.05) is 18.4 Å². The van der Waals surface area contributed by atoms with Crippen LogP contribution in [0.5, 0.6) is 0 Å². The molecule has 1 saturated heterocycles. The number of amides is 1. The number of nitrogens with one attached hydrogen (secondary N) is 1. The quantitative estimate of drug-likeness (QED) is 0.761. The number of hydrogen-bond donors (Lipinski definition) is 1. The summed E-state index contributed by atoms with van der Waals surface area (Å²) in [6, 6.07) is 10.7. The molecule has 2 aromatic rings. The van der Waals surface area contributed by atoms with Gasteiger partial charge in [0.05, 0.1) is 10.6 Å². The maximum atomic E-state index is 12.3.